The number of fused-ring (bicyclic) bond motifs is 1. The van der Waals surface area contributed by atoms with E-state index in [0.29, 0.717) is 17.0 Å². The molecule has 0 saturated carbocycles. The van der Waals surface area contributed by atoms with Crippen LogP contribution in [0, 0.1) is 18.8 Å². The van der Waals surface area contributed by atoms with Crippen molar-refractivity contribution in [3.05, 3.63) is 59.4 Å². The van der Waals surface area contributed by atoms with Crippen LogP contribution in [0.4, 0.5) is 11.8 Å². The van der Waals surface area contributed by atoms with Gasteiger partial charge in [-0.3, -0.25) is 4.98 Å². The zero-order valence-electron chi connectivity index (χ0n) is 14.0. The summed E-state index contributed by atoms with van der Waals surface area (Å²) in [5, 5.41) is 0. The Bertz CT molecular complexity index is 1170. The van der Waals surface area contributed by atoms with Gasteiger partial charge in [0.15, 0.2) is 11.5 Å². The van der Waals surface area contributed by atoms with Crippen molar-refractivity contribution < 1.29 is 0 Å². The molecule has 0 unspecified atom stereocenters. The standard InChI is InChI=1S/C19H15N7/c1-11-9-12(4-5-13-3-2-8-22-10-13)6-7-14(11)17-23-15-16(20)24-19(21)26-18(15)25-17/h2-3,6-10H,1H3,(H5,20,21,23,24,25,26). The topological polar surface area (TPSA) is 119 Å². The fourth-order valence-electron chi connectivity index (χ4n) is 2.65. The number of nitrogens with zero attached hydrogens (tertiary/aromatic N) is 4. The van der Waals surface area contributed by atoms with Crippen LogP contribution in [0.2, 0.25) is 0 Å². The average Bonchev–Trinajstić information content (AvgIpc) is 3.05. The van der Waals surface area contributed by atoms with E-state index in [2.05, 4.69) is 36.8 Å². The Kier molecular flexibility index (Phi) is 3.71. The minimum absolute atomic E-state index is 0.103. The van der Waals surface area contributed by atoms with E-state index in [0.717, 1.165) is 22.3 Å². The van der Waals surface area contributed by atoms with Crippen LogP contribution >= 0.6 is 0 Å². The Morgan fingerprint density at radius 1 is 1.00 bits per heavy atom. The molecule has 0 aliphatic carbocycles. The summed E-state index contributed by atoms with van der Waals surface area (Å²) in [4.78, 5) is 19.8. The van der Waals surface area contributed by atoms with Gasteiger partial charge >= 0.3 is 0 Å². The van der Waals surface area contributed by atoms with E-state index >= 15 is 0 Å². The highest BCUT2D eigenvalue weighted by Gasteiger charge is 2.12. The lowest BCUT2D eigenvalue weighted by atomic mass is 10.0. The number of aromatic amines is 1. The number of hydrogen-bond donors (Lipinski definition) is 3. The molecular weight excluding hydrogens is 326 g/mol. The van der Waals surface area contributed by atoms with Gasteiger partial charge in [0.2, 0.25) is 5.95 Å². The highest BCUT2D eigenvalue weighted by Crippen LogP contribution is 2.25. The molecule has 4 rings (SSSR count). The van der Waals surface area contributed by atoms with E-state index in [1.807, 2.05) is 37.3 Å². The van der Waals surface area contributed by atoms with Crippen LogP contribution in [0.3, 0.4) is 0 Å². The van der Waals surface area contributed by atoms with Gasteiger partial charge in [-0.25, -0.2) is 4.98 Å². The quantitative estimate of drug-likeness (QED) is 0.457. The molecule has 0 spiro atoms. The second-order valence-corrected chi connectivity index (χ2v) is 5.77. The molecule has 0 atom stereocenters. The number of nitrogens with two attached hydrogens (primary N) is 2. The fraction of sp³-hybridized carbons (Fsp3) is 0.0526. The van der Waals surface area contributed by atoms with Gasteiger partial charge in [0.25, 0.3) is 0 Å². The largest absolute Gasteiger partial charge is 0.382 e. The number of pyridine rings is 1. The van der Waals surface area contributed by atoms with Gasteiger partial charge in [-0.15, -0.1) is 0 Å². The Morgan fingerprint density at radius 2 is 1.85 bits per heavy atom. The predicted molar refractivity (Wildman–Crippen MR) is 101 cm³/mol. The first kappa shape index (κ1) is 15.6. The highest BCUT2D eigenvalue weighted by atomic mass is 15.1. The summed E-state index contributed by atoms with van der Waals surface area (Å²) in [6, 6.07) is 9.71. The van der Waals surface area contributed by atoms with Crippen molar-refractivity contribution in [2.75, 3.05) is 11.5 Å². The minimum atomic E-state index is 0.103. The summed E-state index contributed by atoms with van der Waals surface area (Å²) in [5.41, 5.74) is 16.3. The molecule has 0 amide bonds. The lowest BCUT2D eigenvalue weighted by molar-refractivity contribution is 1.22. The van der Waals surface area contributed by atoms with E-state index in [9.17, 15) is 0 Å². The number of benzene rings is 1. The number of hydrogen-bond acceptors (Lipinski definition) is 6. The van der Waals surface area contributed by atoms with Crippen molar-refractivity contribution in [2.24, 2.45) is 0 Å². The predicted octanol–water partition coefficient (Wildman–Crippen LogP) is 2.29. The third-order valence-electron chi connectivity index (χ3n) is 3.89. The van der Waals surface area contributed by atoms with Gasteiger partial charge in [0.05, 0.1) is 0 Å². The third-order valence-corrected chi connectivity index (χ3v) is 3.89. The minimum Gasteiger partial charge on any atom is -0.382 e. The molecule has 0 fully saturated rings. The van der Waals surface area contributed by atoms with Gasteiger partial charge in [0.1, 0.15) is 11.3 Å². The monoisotopic (exact) mass is 341 g/mol. The number of imidazole rings is 1. The Hall–Kier alpha value is -3.92. The molecule has 3 heterocycles. The highest BCUT2D eigenvalue weighted by molar-refractivity contribution is 5.85. The Balaban J connectivity index is 1.71. The van der Waals surface area contributed by atoms with E-state index in [4.69, 9.17) is 11.5 Å². The number of aromatic nitrogens is 5. The number of rotatable bonds is 1. The van der Waals surface area contributed by atoms with E-state index in [1.54, 1.807) is 12.4 Å². The number of nitrogens with one attached hydrogen (secondary N) is 1. The van der Waals surface area contributed by atoms with Crippen LogP contribution in [0.1, 0.15) is 16.7 Å². The second kappa shape index (κ2) is 6.18. The van der Waals surface area contributed by atoms with Crippen LogP contribution in [0.15, 0.2) is 42.7 Å². The van der Waals surface area contributed by atoms with Crippen LogP contribution < -0.4 is 11.5 Å². The molecule has 0 aliphatic heterocycles. The molecule has 7 nitrogen and oxygen atoms in total. The molecule has 0 aliphatic rings. The summed E-state index contributed by atoms with van der Waals surface area (Å²) in [6.45, 7) is 2.00. The third kappa shape index (κ3) is 2.91. The lowest BCUT2D eigenvalue weighted by Crippen LogP contribution is -1.99. The fourth-order valence-corrected chi connectivity index (χ4v) is 2.65. The lowest BCUT2D eigenvalue weighted by Gasteiger charge is -2.03. The summed E-state index contributed by atoms with van der Waals surface area (Å²) in [5.74, 6) is 7.29. The number of aryl methyl sites for hydroxylation is 1. The Morgan fingerprint density at radius 3 is 2.62 bits per heavy atom. The van der Waals surface area contributed by atoms with Crippen molar-refractivity contribution in [2.45, 2.75) is 6.92 Å². The van der Waals surface area contributed by atoms with Crippen molar-refractivity contribution >= 4 is 22.9 Å². The molecular formula is C19H15N7. The maximum absolute atomic E-state index is 5.88. The molecule has 1 aromatic carbocycles. The van der Waals surface area contributed by atoms with Crippen molar-refractivity contribution in [3.8, 4) is 23.2 Å². The summed E-state index contributed by atoms with van der Waals surface area (Å²) < 4.78 is 0. The van der Waals surface area contributed by atoms with Gasteiger partial charge in [-0.05, 0) is 42.8 Å². The van der Waals surface area contributed by atoms with Gasteiger partial charge in [-0.1, -0.05) is 11.8 Å². The molecule has 0 radical (unpaired) electrons. The van der Waals surface area contributed by atoms with Crippen LogP contribution in [0.5, 0.6) is 0 Å². The maximum atomic E-state index is 5.88. The summed E-state index contributed by atoms with van der Waals surface area (Å²) >= 11 is 0. The zero-order valence-corrected chi connectivity index (χ0v) is 14.0. The molecule has 5 N–H and O–H groups in total. The van der Waals surface area contributed by atoms with E-state index < -0.39 is 0 Å². The first-order valence-electron chi connectivity index (χ1n) is 7.92. The van der Waals surface area contributed by atoms with Crippen molar-refractivity contribution in [3.63, 3.8) is 0 Å². The average molecular weight is 341 g/mol. The molecule has 26 heavy (non-hydrogen) atoms. The van der Waals surface area contributed by atoms with Gasteiger partial charge in [-0.2, -0.15) is 9.97 Å². The molecule has 7 heteroatoms. The van der Waals surface area contributed by atoms with Crippen molar-refractivity contribution in [1.82, 2.24) is 24.9 Å². The van der Waals surface area contributed by atoms with Crippen LogP contribution in [-0.2, 0) is 0 Å². The Labute approximate surface area is 149 Å². The molecule has 3 aromatic heterocycles. The van der Waals surface area contributed by atoms with Crippen molar-refractivity contribution in [1.29, 1.82) is 0 Å². The van der Waals surface area contributed by atoms with Crippen LogP contribution in [0.25, 0.3) is 22.6 Å². The maximum Gasteiger partial charge on any atom is 0.224 e. The SMILES string of the molecule is Cc1cc(C#Cc2cccnc2)ccc1-c1nc2nc(N)nc(N)c2[nH]1. The normalized spacial score (nSPS) is 10.5. The summed E-state index contributed by atoms with van der Waals surface area (Å²) in [6.07, 6.45) is 3.46. The van der Waals surface area contributed by atoms with E-state index in [1.165, 1.54) is 0 Å². The first-order chi connectivity index (χ1) is 12.6. The number of H-pyrrole nitrogens is 1. The van der Waals surface area contributed by atoms with Crippen LogP contribution in [-0.4, -0.2) is 24.9 Å². The van der Waals surface area contributed by atoms with Gasteiger partial charge in [0, 0.05) is 29.1 Å². The van der Waals surface area contributed by atoms with E-state index in [-0.39, 0.29) is 11.8 Å². The second-order valence-electron chi connectivity index (χ2n) is 5.77. The molecule has 4 aromatic rings. The van der Waals surface area contributed by atoms with Gasteiger partial charge < -0.3 is 16.5 Å². The molecule has 0 saturated heterocycles. The zero-order chi connectivity index (χ0) is 18.1. The first-order valence-corrected chi connectivity index (χ1v) is 7.92. The molecule has 0 bridgehead atoms. The number of nitrogen functional groups attached to an aromatic ring is 2. The molecule has 126 valence electrons. The smallest absolute Gasteiger partial charge is 0.224 e. The number of anilines is 2. The summed E-state index contributed by atoms with van der Waals surface area (Å²) in [7, 11) is 0.